The average molecular weight is 413 g/mol. The van der Waals surface area contributed by atoms with E-state index in [1.807, 2.05) is 44.0 Å². The van der Waals surface area contributed by atoms with E-state index in [1.54, 1.807) is 10.9 Å². The quantitative estimate of drug-likeness (QED) is 0.621. The molecule has 1 saturated carbocycles. The minimum Gasteiger partial charge on any atom is -0.348 e. The smallest absolute Gasteiger partial charge is 0.273 e. The van der Waals surface area contributed by atoms with Gasteiger partial charge in [0.25, 0.3) is 5.91 Å². The first-order chi connectivity index (χ1) is 14.4. The Morgan fingerprint density at radius 3 is 2.57 bits per heavy atom. The first kappa shape index (κ1) is 22.0. The Morgan fingerprint density at radius 2 is 1.97 bits per heavy atom. The van der Waals surface area contributed by atoms with Gasteiger partial charge < -0.3 is 10.6 Å². The maximum Gasteiger partial charge on any atom is 0.273 e. The zero-order valence-electron chi connectivity index (χ0n) is 18.1. The third-order valence-electron chi connectivity index (χ3n) is 5.61. The van der Waals surface area contributed by atoms with Crippen molar-refractivity contribution < 1.29 is 9.59 Å². The number of hydrogen-bond donors (Lipinski definition) is 2. The molecule has 0 bridgehead atoms. The molecule has 0 radical (unpaired) electrons. The molecule has 0 unspecified atom stereocenters. The van der Waals surface area contributed by atoms with Crippen LogP contribution in [0.1, 0.15) is 55.2 Å². The maximum absolute atomic E-state index is 12.6. The van der Waals surface area contributed by atoms with E-state index in [4.69, 9.17) is 0 Å². The van der Waals surface area contributed by atoms with E-state index < -0.39 is 0 Å². The third-order valence-corrected chi connectivity index (χ3v) is 5.61. The van der Waals surface area contributed by atoms with Crippen molar-refractivity contribution in [3.63, 3.8) is 0 Å². The minimum atomic E-state index is -0.360. The van der Waals surface area contributed by atoms with Gasteiger partial charge in [0.05, 0.1) is 18.3 Å². The molecule has 1 aliphatic carbocycles. The molecule has 3 rings (SSSR count). The zero-order chi connectivity index (χ0) is 21.6. The van der Waals surface area contributed by atoms with Gasteiger partial charge in [-0.3, -0.25) is 14.5 Å². The summed E-state index contributed by atoms with van der Waals surface area (Å²) in [5.74, 6) is -0.271. The van der Waals surface area contributed by atoms with Gasteiger partial charge in [0.1, 0.15) is 0 Å². The van der Waals surface area contributed by atoms with Crippen LogP contribution in [0.2, 0.25) is 0 Å². The van der Waals surface area contributed by atoms with Gasteiger partial charge in [-0.2, -0.15) is 0 Å². The molecule has 1 aromatic carbocycles. The van der Waals surface area contributed by atoms with E-state index in [9.17, 15) is 9.59 Å². The first-order valence-electron chi connectivity index (χ1n) is 10.6. The van der Waals surface area contributed by atoms with E-state index >= 15 is 0 Å². The second-order valence-electron chi connectivity index (χ2n) is 8.52. The number of likely N-dealkylation sites (N-methyl/N-ethyl adjacent to an activating group) is 1. The highest BCUT2D eigenvalue weighted by atomic mass is 16.2. The monoisotopic (exact) mass is 412 g/mol. The summed E-state index contributed by atoms with van der Waals surface area (Å²) in [6, 6.07) is 10.4. The summed E-state index contributed by atoms with van der Waals surface area (Å²) in [4.78, 5) is 27.0. The van der Waals surface area contributed by atoms with Crippen molar-refractivity contribution in [2.45, 2.75) is 51.1 Å². The number of nitrogens with zero attached hydrogens (tertiary/aromatic N) is 4. The fourth-order valence-corrected chi connectivity index (χ4v) is 3.55. The van der Waals surface area contributed by atoms with Crippen LogP contribution in [0.15, 0.2) is 36.5 Å². The lowest BCUT2D eigenvalue weighted by atomic mass is 9.76. The van der Waals surface area contributed by atoms with E-state index in [0.29, 0.717) is 18.8 Å². The molecule has 8 nitrogen and oxygen atoms in total. The van der Waals surface area contributed by atoms with Crippen LogP contribution in [-0.4, -0.2) is 63.9 Å². The molecule has 2 aromatic rings. The molecule has 2 amide bonds. The molecule has 2 N–H and O–H groups in total. The van der Waals surface area contributed by atoms with Crippen LogP contribution in [0.25, 0.3) is 0 Å². The first-order valence-corrected chi connectivity index (χ1v) is 10.6. The highest BCUT2D eigenvalue weighted by Crippen LogP contribution is 2.31. The Balaban J connectivity index is 1.45. The van der Waals surface area contributed by atoms with Gasteiger partial charge in [0, 0.05) is 19.1 Å². The van der Waals surface area contributed by atoms with Crippen LogP contribution in [-0.2, 0) is 11.2 Å². The molecule has 8 heteroatoms. The van der Waals surface area contributed by atoms with Crippen molar-refractivity contribution >= 4 is 11.8 Å². The SMILES string of the molecule is CC(C)n1cc(C(=O)NCC2(NC(=O)CN(C)CCc3ccccc3)CCC2)nn1. The lowest BCUT2D eigenvalue weighted by Gasteiger charge is -2.43. The van der Waals surface area contributed by atoms with Gasteiger partial charge >= 0.3 is 0 Å². The predicted octanol–water partition coefficient (Wildman–Crippen LogP) is 1.80. The number of hydrogen-bond acceptors (Lipinski definition) is 5. The van der Waals surface area contributed by atoms with Gasteiger partial charge in [-0.05, 0) is 52.1 Å². The summed E-state index contributed by atoms with van der Waals surface area (Å²) >= 11 is 0. The lowest BCUT2D eigenvalue weighted by molar-refractivity contribution is -0.125. The van der Waals surface area contributed by atoms with Gasteiger partial charge in [-0.15, -0.1) is 5.10 Å². The van der Waals surface area contributed by atoms with E-state index in [0.717, 1.165) is 32.2 Å². The molecule has 0 aliphatic heterocycles. The largest absolute Gasteiger partial charge is 0.348 e. The summed E-state index contributed by atoms with van der Waals surface area (Å²) in [6.07, 6.45) is 5.33. The maximum atomic E-state index is 12.6. The Bertz CT molecular complexity index is 844. The molecule has 1 aromatic heterocycles. The van der Waals surface area contributed by atoms with Gasteiger partial charge in [0.15, 0.2) is 5.69 Å². The number of carbonyl (C=O) groups is 2. The second-order valence-corrected chi connectivity index (χ2v) is 8.52. The van der Waals surface area contributed by atoms with Gasteiger partial charge in [-0.1, -0.05) is 35.5 Å². The second kappa shape index (κ2) is 9.84. The Hall–Kier alpha value is -2.74. The summed E-state index contributed by atoms with van der Waals surface area (Å²) in [6.45, 7) is 5.51. The number of nitrogens with one attached hydrogen (secondary N) is 2. The average Bonchev–Trinajstić information content (AvgIpc) is 3.19. The van der Waals surface area contributed by atoms with Crippen molar-refractivity contribution in [2.24, 2.45) is 0 Å². The predicted molar refractivity (Wildman–Crippen MR) is 115 cm³/mol. The van der Waals surface area contributed by atoms with Crippen LogP contribution in [0.5, 0.6) is 0 Å². The molecule has 30 heavy (non-hydrogen) atoms. The molecule has 1 fully saturated rings. The van der Waals surface area contributed by atoms with Crippen molar-refractivity contribution in [1.82, 2.24) is 30.5 Å². The molecular formula is C22H32N6O2. The normalized spacial score (nSPS) is 15.1. The zero-order valence-corrected chi connectivity index (χ0v) is 18.1. The topological polar surface area (TPSA) is 92.2 Å². The molecule has 162 valence electrons. The summed E-state index contributed by atoms with van der Waals surface area (Å²) in [5.41, 5.74) is 1.20. The number of amides is 2. The van der Waals surface area contributed by atoms with Crippen molar-refractivity contribution in [1.29, 1.82) is 0 Å². The number of carbonyl (C=O) groups excluding carboxylic acids is 2. The summed E-state index contributed by atoms with van der Waals surface area (Å²) < 4.78 is 1.65. The number of aromatic nitrogens is 3. The van der Waals surface area contributed by atoms with Crippen LogP contribution >= 0.6 is 0 Å². The Morgan fingerprint density at radius 1 is 1.23 bits per heavy atom. The fraction of sp³-hybridized carbons (Fsp3) is 0.545. The highest BCUT2D eigenvalue weighted by molar-refractivity contribution is 5.92. The van der Waals surface area contributed by atoms with Crippen LogP contribution < -0.4 is 10.6 Å². The summed E-state index contributed by atoms with van der Waals surface area (Å²) in [5, 5.41) is 14.0. The molecule has 0 saturated heterocycles. The molecule has 1 heterocycles. The number of rotatable bonds is 10. The fourth-order valence-electron chi connectivity index (χ4n) is 3.55. The molecule has 0 spiro atoms. The third kappa shape index (κ3) is 5.89. The van der Waals surface area contributed by atoms with Gasteiger partial charge in [-0.25, -0.2) is 4.68 Å². The standard InChI is InChI=1S/C22H32N6O2/c1-17(2)28-14-19(25-26-28)21(30)23-16-22(11-7-12-22)24-20(29)15-27(3)13-10-18-8-5-4-6-9-18/h4-6,8-9,14,17H,7,10-13,15-16H2,1-3H3,(H,23,30)(H,24,29). The Labute approximate surface area is 178 Å². The minimum absolute atomic E-state index is 0.00902. The van der Waals surface area contributed by atoms with E-state index in [2.05, 4.69) is 33.1 Å². The molecule has 1 aliphatic rings. The van der Waals surface area contributed by atoms with Crippen molar-refractivity contribution in [3.05, 3.63) is 47.8 Å². The van der Waals surface area contributed by atoms with Crippen molar-refractivity contribution in [2.75, 3.05) is 26.7 Å². The summed E-state index contributed by atoms with van der Waals surface area (Å²) in [7, 11) is 1.95. The molecule has 0 atom stereocenters. The molecular weight excluding hydrogens is 380 g/mol. The van der Waals surface area contributed by atoms with Crippen LogP contribution in [0, 0.1) is 0 Å². The highest BCUT2D eigenvalue weighted by Gasteiger charge is 2.38. The van der Waals surface area contributed by atoms with Crippen LogP contribution in [0.4, 0.5) is 0 Å². The lowest BCUT2D eigenvalue weighted by Crippen LogP contribution is -2.61. The van der Waals surface area contributed by atoms with Crippen molar-refractivity contribution in [3.8, 4) is 0 Å². The van der Waals surface area contributed by atoms with E-state index in [-0.39, 0.29) is 23.4 Å². The van der Waals surface area contributed by atoms with E-state index in [1.165, 1.54) is 5.56 Å². The number of benzene rings is 1. The Kier molecular flexibility index (Phi) is 7.20. The van der Waals surface area contributed by atoms with Crippen LogP contribution in [0.3, 0.4) is 0 Å². The van der Waals surface area contributed by atoms with Gasteiger partial charge in [0.2, 0.25) is 5.91 Å².